The first-order valence-electron chi connectivity index (χ1n) is 3.65. The third kappa shape index (κ3) is 1.23. The van der Waals surface area contributed by atoms with E-state index in [9.17, 15) is 4.79 Å². The molecule has 4 nitrogen and oxygen atoms in total. The Hall–Kier alpha value is -1.58. The zero-order valence-corrected chi connectivity index (χ0v) is 6.32. The monoisotopic (exact) mass is 165 g/mol. The largest absolute Gasteiger partial charge is 0.459 e. The van der Waals surface area contributed by atoms with Gasteiger partial charge in [-0.05, 0) is 12.1 Å². The third-order valence-corrected chi connectivity index (χ3v) is 1.51. The number of aliphatic imine (C=N–C) groups is 1. The van der Waals surface area contributed by atoms with Gasteiger partial charge in [0.05, 0.1) is 19.2 Å². The second-order valence-corrected chi connectivity index (χ2v) is 2.39. The Labute approximate surface area is 68.9 Å². The van der Waals surface area contributed by atoms with Crippen molar-refractivity contribution in [3.8, 4) is 0 Å². The van der Waals surface area contributed by atoms with E-state index in [1.54, 1.807) is 12.1 Å². The van der Waals surface area contributed by atoms with E-state index in [1.807, 2.05) is 0 Å². The molecule has 0 amide bonds. The van der Waals surface area contributed by atoms with E-state index in [4.69, 9.17) is 9.15 Å². The first-order chi connectivity index (χ1) is 5.86. The van der Waals surface area contributed by atoms with Crippen LogP contribution in [-0.2, 0) is 9.53 Å². The highest BCUT2D eigenvalue weighted by atomic mass is 16.6. The third-order valence-electron chi connectivity index (χ3n) is 1.51. The fourth-order valence-electron chi connectivity index (χ4n) is 0.968. The van der Waals surface area contributed by atoms with Crippen LogP contribution in [0.15, 0.2) is 27.8 Å². The van der Waals surface area contributed by atoms with E-state index in [-0.39, 0.29) is 11.9 Å². The smallest absolute Gasteiger partial charge is 0.314 e. The van der Waals surface area contributed by atoms with Crippen LogP contribution in [0, 0.1) is 0 Å². The summed E-state index contributed by atoms with van der Waals surface area (Å²) in [5, 5.41) is 0. The van der Waals surface area contributed by atoms with E-state index in [0.717, 1.165) is 0 Å². The standard InChI is InChI=1S/C8H7NO3/c10-7-3-4-9-8(12-7)6-2-1-5-11-6/h1-2,5H,3-4H2. The maximum Gasteiger partial charge on any atom is 0.314 e. The summed E-state index contributed by atoms with van der Waals surface area (Å²) in [5.74, 6) is 0.538. The van der Waals surface area contributed by atoms with E-state index < -0.39 is 0 Å². The Kier molecular flexibility index (Phi) is 1.66. The summed E-state index contributed by atoms with van der Waals surface area (Å²) >= 11 is 0. The van der Waals surface area contributed by atoms with Crippen LogP contribution in [-0.4, -0.2) is 18.4 Å². The maximum atomic E-state index is 10.8. The summed E-state index contributed by atoms with van der Waals surface area (Å²) in [5.41, 5.74) is 0. The van der Waals surface area contributed by atoms with Gasteiger partial charge in [-0.3, -0.25) is 4.79 Å². The van der Waals surface area contributed by atoms with Gasteiger partial charge in [0.1, 0.15) is 0 Å². The lowest BCUT2D eigenvalue weighted by atomic mass is 10.3. The van der Waals surface area contributed by atoms with Crippen molar-refractivity contribution in [3.05, 3.63) is 24.2 Å². The van der Waals surface area contributed by atoms with Crippen LogP contribution in [0.3, 0.4) is 0 Å². The number of ether oxygens (including phenoxy) is 1. The molecule has 1 aliphatic heterocycles. The van der Waals surface area contributed by atoms with Gasteiger partial charge in [-0.15, -0.1) is 0 Å². The van der Waals surface area contributed by atoms with Crippen LogP contribution in [0.2, 0.25) is 0 Å². The SMILES string of the molecule is O=C1CCN=C(c2ccco2)O1. The molecule has 1 aromatic heterocycles. The highest BCUT2D eigenvalue weighted by molar-refractivity contribution is 5.99. The van der Waals surface area contributed by atoms with Crippen molar-refractivity contribution in [1.29, 1.82) is 0 Å². The van der Waals surface area contributed by atoms with E-state index in [0.29, 0.717) is 18.7 Å². The van der Waals surface area contributed by atoms with Gasteiger partial charge >= 0.3 is 5.97 Å². The van der Waals surface area contributed by atoms with E-state index >= 15 is 0 Å². The molecule has 4 heteroatoms. The molecule has 0 unspecified atom stereocenters. The molecule has 0 aliphatic carbocycles. The highest BCUT2D eigenvalue weighted by Gasteiger charge is 2.17. The summed E-state index contributed by atoms with van der Waals surface area (Å²) in [6.07, 6.45) is 1.87. The minimum Gasteiger partial charge on any atom is -0.459 e. The number of hydrogen-bond donors (Lipinski definition) is 0. The number of esters is 1. The fourth-order valence-corrected chi connectivity index (χ4v) is 0.968. The average molecular weight is 165 g/mol. The molecule has 0 fully saturated rings. The molecule has 2 heterocycles. The molecular weight excluding hydrogens is 158 g/mol. The molecule has 0 radical (unpaired) electrons. The molecule has 1 aromatic rings. The predicted molar refractivity (Wildman–Crippen MR) is 40.8 cm³/mol. The van der Waals surface area contributed by atoms with Gasteiger partial charge in [-0.2, -0.15) is 0 Å². The second-order valence-electron chi connectivity index (χ2n) is 2.39. The summed E-state index contributed by atoms with van der Waals surface area (Å²) in [4.78, 5) is 14.8. The number of hydrogen-bond acceptors (Lipinski definition) is 4. The van der Waals surface area contributed by atoms with Crippen molar-refractivity contribution in [2.45, 2.75) is 6.42 Å². The summed E-state index contributed by atoms with van der Waals surface area (Å²) in [6, 6.07) is 3.43. The van der Waals surface area contributed by atoms with Crippen LogP contribution in [0.1, 0.15) is 12.2 Å². The first-order valence-corrected chi connectivity index (χ1v) is 3.65. The highest BCUT2D eigenvalue weighted by Crippen LogP contribution is 2.08. The number of rotatable bonds is 1. The molecule has 1 aliphatic rings. The molecule has 0 saturated heterocycles. The van der Waals surface area contributed by atoms with Crippen molar-refractivity contribution < 1.29 is 13.9 Å². The summed E-state index contributed by atoms with van der Waals surface area (Å²) in [7, 11) is 0. The number of cyclic esters (lactones) is 1. The van der Waals surface area contributed by atoms with Crippen LogP contribution < -0.4 is 0 Å². The molecule has 0 aromatic carbocycles. The van der Waals surface area contributed by atoms with Gasteiger partial charge in [0.2, 0.25) is 0 Å². The summed E-state index contributed by atoms with van der Waals surface area (Å²) < 4.78 is 9.86. The predicted octanol–water partition coefficient (Wildman–Crippen LogP) is 0.973. The van der Waals surface area contributed by atoms with Gasteiger partial charge in [-0.1, -0.05) is 0 Å². The fraction of sp³-hybridized carbons (Fsp3) is 0.250. The van der Waals surface area contributed by atoms with Crippen LogP contribution >= 0.6 is 0 Å². The van der Waals surface area contributed by atoms with E-state index in [2.05, 4.69) is 4.99 Å². The molecule has 0 atom stereocenters. The number of carbonyl (C=O) groups is 1. The average Bonchev–Trinajstić information content (AvgIpc) is 2.56. The van der Waals surface area contributed by atoms with Gasteiger partial charge in [0, 0.05) is 0 Å². The zero-order valence-electron chi connectivity index (χ0n) is 6.32. The van der Waals surface area contributed by atoms with Crippen LogP contribution in [0.5, 0.6) is 0 Å². The first kappa shape index (κ1) is 7.09. The van der Waals surface area contributed by atoms with Crippen molar-refractivity contribution in [3.63, 3.8) is 0 Å². The molecule has 0 bridgehead atoms. The molecule has 62 valence electrons. The quantitative estimate of drug-likeness (QED) is 0.582. The molecule has 2 rings (SSSR count). The van der Waals surface area contributed by atoms with Gasteiger partial charge in [0.25, 0.3) is 5.90 Å². The number of furan rings is 1. The second kappa shape index (κ2) is 2.81. The minimum absolute atomic E-state index is 0.253. The lowest BCUT2D eigenvalue weighted by molar-refractivity contribution is -0.136. The number of carbonyl (C=O) groups excluding carboxylic acids is 1. The molecule has 0 saturated carbocycles. The van der Waals surface area contributed by atoms with Crippen molar-refractivity contribution in [2.75, 3.05) is 6.54 Å². The molecule has 12 heavy (non-hydrogen) atoms. The Morgan fingerprint density at radius 1 is 1.50 bits per heavy atom. The Morgan fingerprint density at radius 2 is 2.42 bits per heavy atom. The molecule has 0 N–H and O–H groups in total. The lowest BCUT2D eigenvalue weighted by Gasteiger charge is -2.08. The van der Waals surface area contributed by atoms with Crippen molar-refractivity contribution in [1.82, 2.24) is 0 Å². The van der Waals surface area contributed by atoms with Crippen LogP contribution in [0.4, 0.5) is 0 Å². The Bertz CT molecular complexity index is 313. The van der Waals surface area contributed by atoms with Crippen LogP contribution in [0.25, 0.3) is 0 Å². The van der Waals surface area contributed by atoms with E-state index in [1.165, 1.54) is 6.26 Å². The number of nitrogens with zero attached hydrogens (tertiary/aromatic N) is 1. The molecule has 0 spiro atoms. The minimum atomic E-state index is -0.253. The van der Waals surface area contributed by atoms with Gasteiger partial charge in [-0.25, -0.2) is 4.99 Å². The normalized spacial score (nSPS) is 17.0. The van der Waals surface area contributed by atoms with Crippen molar-refractivity contribution >= 4 is 11.9 Å². The van der Waals surface area contributed by atoms with Crippen molar-refractivity contribution in [2.24, 2.45) is 4.99 Å². The summed E-state index contributed by atoms with van der Waals surface area (Å²) in [6.45, 7) is 0.481. The topological polar surface area (TPSA) is 51.8 Å². The van der Waals surface area contributed by atoms with Gasteiger partial charge < -0.3 is 9.15 Å². The Balaban J connectivity index is 2.24. The maximum absolute atomic E-state index is 10.8. The molecular formula is C8H7NO3. The zero-order chi connectivity index (χ0) is 8.39. The Morgan fingerprint density at radius 3 is 3.08 bits per heavy atom. The lowest BCUT2D eigenvalue weighted by Crippen LogP contribution is -2.19. The van der Waals surface area contributed by atoms with Gasteiger partial charge in [0.15, 0.2) is 5.76 Å².